The molecule has 3 aliphatic rings. The lowest BCUT2D eigenvalue weighted by Gasteiger charge is -2.37. The monoisotopic (exact) mass is 399 g/mol. The number of hydrogen-bond donors (Lipinski definition) is 1. The van der Waals surface area contributed by atoms with Crippen LogP contribution in [0, 0.1) is 0 Å². The number of amides is 3. The molecule has 156 valence electrons. The Kier molecular flexibility index (Phi) is 5.58. The summed E-state index contributed by atoms with van der Waals surface area (Å²) in [6, 6.07) is 5.43. The summed E-state index contributed by atoms with van der Waals surface area (Å²) in [7, 11) is 2.14. The van der Waals surface area contributed by atoms with Crippen molar-refractivity contribution >= 4 is 17.7 Å². The topological polar surface area (TPSA) is 79.0 Å². The van der Waals surface area contributed by atoms with Crippen LogP contribution in [0.5, 0.6) is 5.75 Å². The third-order valence-corrected chi connectivity index (χ3v) is 6.52. The average molecular weight is 399 g/mol. The number of likely N-dealkylation sites (N-methyl/N-ethyl adjacent to an activating group) is 1. The van der Waals surface area contributed by atoms with Gasteiger partial charge in [-0.05, 0) is 63.0 Å². The second-order valence-corrected chi connectivity index (χ2v) is 8.30. The van der Waals surface area contributed by atoms with Crippen molar-refractivity contribution in [2.24, 2.45) is 0 Å². The van der Waals surface area contributed by atoms with Gasteiger partial charge in [-0.15, -0.1) is 0 Å². The highest BCUT2D eigenvalue weighted by Gasteiger charge is 2.39. The van der Waals surface area contributed by atoms with Crippen molar-refractivity contribution in [1.29, 1.82) is 0 Å². The van der Waals surface area contributed by atoms with Crippen molar-refractivity contribution in [2.45, 2.75) is 70.2 Å². The maximum Gasteiger partial charge on any atom is 0.255 e. The van der Waals surface area contributed by atoms with Crippen molar-refractivity contribution in [2.75, 3.05) is 13.6 Å². The SMILES string of the molecule is CCN(C)C1CCCC[C@H]1Oc1ccc2c(c1)CN(C1CCC(=O)NC1=O)C2=O. The number of imide groups is 1. The predicted molar refractivity (Wildman–Crippen MR) is 107 cm³/mol. The zero-order chi connectivity index (χ0) is 20.5. The Morgan fingerprint density at radius 3 is 2.72 bits per heavy atom. The first kappa shape index (κ1) is 19.9. The largest absolute Gasteiger partial charge is 0.489 e. The fraction of sp³-hybridized carbons (Fsp3) is 0.591. The van der Waals surface area contributed by atoms with Crippen molar-refractivity contribution in [3.63, 3.8) is 0 Å². The fourth-order valence-corrected chi connectivity index (χ4v) is 4.75. The highest BCUT2D eigenvalue weighted by Crippen LogP contribution is 2.32. The molecule has 1 saturated carbocycles. The molecule has 4 rings (SSSR count). The second-order valence-electron chi connectivity index (χ2n) is 8.30. The highest BCUT2D eigenvalue weighted by molar-refractivity contribution is 6.05. The average Bonchev–Trinajstić information content (AvgIpc) is 3.03. The fourth-order valence-electron chi connectivity index (χ4n) is 4.75. The van der Waals surface area contributed by atoms with Crippen molar-refractivity contribution in [3.8, 4) is 5.75 Å². The number of ether oxygens (including phenoxy) is 1. The number of nitrogens with one attached hydrogen (secondary N) is 1. The van der Waals surface area contributed by atoms with Crippen LogP contribution in [0.25, 0.3) is 0 Å². The van der Waals surface area contributed by atoms with Crippen LogP contribution in [0.1, 0.15) is 61.4 Å². The van der Waals surface area contributed by atoms with E-state index in [0.717, 1.165) is 30.7 Å². The number of rotatable bonds is 5. The minimum Gasteiger partial charge on any atom is -0.489 e. The van der Waals surface area contributed by atoms with E-state index in [4.69, 9.17) is 4.74 Å². The summed E-state index contributed by atoms with van der Waals surface area (Å²) in [6.45, 7) is 3.53. The van der Waals surface area contributed by atoms with E-state index in [9.17, 15) is 14.4 Å². The molecule has 2 heterocycles. The van der Waals surface area contributed by atoms with Gasteiger partial charge in [-0.25, -0.2) is 0 Å². The van der Waals surface area contributed by atoms with Crippen LogP contribution in [0.3, 0.4) is 0 Å². The standard InChI is InChI=1S/C22H29N3O4/c1-3-24(2)17-6-4-5-7-19(17)29-15-8-9-16-14(12-15)13-25(22(16)28)18-10-11-20(26)23-21(18)27/h8-9,12,17-19H,3-7,10-11,13H2,1-2H3,(H,23,26,27)/t17?,18?,19-/m1/s1. The normalized spacial score (nSPS) is 27.2. The number of fused-ring (bicyclic) bond motifs is 1. The van der Waals surface area contributed by atoms with Gasteiger partial charge < -0.3 is 14.5 Å². The van der Waals surface area contributed by atoms with E-state index in [1.54, 1.807) is 11.0 Å². The molecule has 0 radical (unpaired) electrons. The van der Waals surface area contributed by atoms with Gasteiger partial charge in [0.2, 0.25) is 11.8 Å². The molecule has 1 aromatic rings. The van der Waals surface area contributed by atoms with Crippen LogP contribution in [-0.2, 0) is 16.1 Å². The Bertz CT molecular complexity index is 824. The molecule has 1 aliphatic carbocycles. The summed E-state index contributed by atoms with van der Waals surface area (Å²) in [5.74, 6) is -0.0258. The lowest BCUT2D eigenvalue weighted by Crippen LogP contribution is -2.52. The van der Waals surface area contributed by atoms with E-state index in [2.05, 4.69) is 24.2 Å². The molecule has 2 unspecified atom stereocenters. The molecule has 0 aromatic heterocycles. The zero-order valence-electron chi connectivity index (χ0n) is 17.1. The van der Waals surface area contributed by atoms with E-state index in [0.29, 0.717) is 24.6 Å². The lowest BCUT2D eigenvalue weighted by atomic mass is 9.91. The quantitative estimate of drug-likeness (QED) is 0.767. The molecule has 29 heavy (non-hydrogen) atoms. The number of piperidine rings is 1. The number of carbonyl (C=O) groups excluding carboxylic acids is 3. The maximum absolute atomic E-state index is 12.8. The molecule has 7 nitrogen and oxygen atoms in total. The molecule has 1 aromatic carbocycles. The van der Waals surface area contributed by atoms with Crippen molar-refractivity contribution < 1.29 is 19.1 Å². The molecule has 3 atom stereocenters. The molecule has 3 amide bonds. The van der Waals surface area contributed by atoms with Gasteiger partial charge in [0.25, 0.3) is 5.91 Å². The first-order valence-electron chi connectivity index (χ1n) is 10.6. The Balaban J connectivity index is 1.48. The van der Waals surface area contributed by atoms with Crippen LogP contribution in [0.2, 0.25) is 0 Å². The molecular weight excluding hydrogens is 370 g/mol. The molecular formula is C22H29N3O4. The minimum absolute atomic E-state index is 0.148. The molecule has 2 fully saturated rings. The number of carbonyl (C=O) groups is 3. The summed E-state index contributed by atoms with van der Waals surface area (Å²) in [6.07, 6.45) is 5.37. The lowest BCUT2D eigenvalue weighted by molar-refractivity contribution is -0.136. The van der Waals surface area contributed by atoms with Gasteiger partial charge in [0.1, 0.15) is 17.9 Å². The Morgan fingerprint density at radius 1 is 1.17 bits per heavy atom. The molecule has 0 bridgehead atoms. The van der Waals surface area contributed by atoms with Crippen molar-refractivity contribution in [1.82, 2.24) is 15.1 Å². The third kappa shape index (κ3) is 3.88. The van der Waals surface area contributed by atoms with Gasteiger partial charge in [-0.3, -0.25) is 19.7 Å². The van der Waals surface area contributed by atoms with Gasteiger partial charge in [0, 0.05) is 24.6 Å². The van der Waals surface area contributed by atoms with Gasteiger partial charge in [0.15, 0.2) is 0 Å². The van der Waals surface area contributed by atoms with E-state index in [-0.39, 0.29) is 30.2 Å². The highest BCUT2D eigenvalue weighted by atomic mass is 16.5. The molecule has 7 heteroatoms. The summed E-state index contributed by atoms with van der Waals surface area (Å²) in [5, 5.41) is 2.34. The summed E-state index contributed by atoms with van der Waals surface area (Å²) < 4.78 is 6.37. The Morgan fingerprint density at radius 2 is 1.97 bits per heavy atom. The van der Waals surface area contributed by atoms with E-state index in [1.807, 2.05) is 12.1 Å². The van der Waals surface area contributed by atoms with E-state index >= 15 is 0 Å². The van der Waals surface area contributed by atoms with Gasteiger partial charge in [-0.1, -0.05) is 13.3 Å². The first-order valence-corrected chi connectivity index (χ1v) is 10.6. The van der Waals surface area contributed by atoms with Crippen LogP contribution < -0.4 is 10.1 Å². The summed E-state index contributed by atoms with van der Waals surface area (Å²) in [4.78, 5) is 40.3. The molecule has 1 N–H and O–H groups in total. The Hall–Kier alpha value is -2.41. The van der Waals surface area contributed by atoms with Crippen LogP contribution in [0.15, 0.2) is 18.2 Å². The number of nitrogens with zero attached hydrogens (tertiary/aromatic N) is 2. The first-order chi connectivity index (χ1) is 14.0. The van der Waals surface area contributed by atoms with E-state index in [1.165, 1.54) is 12.8 Å². The van der Waals surface area contributed by atoms with Gasteiger partial charge in [-0.2, -0.15) is 0 Å². The second kappa shape index (κ2) is 8.14. The third-order valence-electron chi connectivity index (χ3n) is 6.52. The number of benzene rings is 1. The van der Waals surface area contributed by atoms with Gasteiger partial charge >= 0.3 is 0 Å². The summed E-state index contributed by atoms with van der Waals surface area (Å²) >= 11 is 0. The van der Waals surface area contributed by atoms with Crippen LogP contribution in [0.4, 0.5) is 0 Å². The molecule has 1 saturated heterocycles. The minimum atomic E-state index is -0.585. The van der Waals surface area contributed by atoms with E-state index < -0.39 is 6.04 Å². The smallest absolute Gasteiger partial charge is 0.255 e. The van der Waals surface area contributed by atoms with Crippen molar-refractivity contribution in [3.05, 3.63) is 29.3 Å². The zero-order valence-corrected chi connectivity index (χ0v) is 17.1. The van der Waals surface area contributed by atoms with Crippen LogP contribution >= 0.6 is 0 Å². The Labute approximate surface area is 171 Å². The maximum atomic E-state index is 12.8. The van der Waals surface area contributed by atoms with Crippen LogP contribution in [-0.4, -0.2) is 59.3 Å². The summed E-state index contributed by atoms with van der Waals surface area (Å²) in [5.41, 5.74) is 1.50. The predicted octanol–water partition coefficient (Wildman–Crippen LogP) is 2.09. The molecule has 0 spiro atoms. The van der Waals surface area contributed by atoms with Gasteiger partial charge in [0.05, 0.1) is 0 Å². The number of hydrogen-bond acceptors (Lipinski definition) is 5. The molecule has 2 aliphatic heterocycles.